The minimum Gasteiger partial charge on any atom is -0.496 e. The van der Waals surface area contributed by atoms with Gasteiger partial charge in [0, 0.05) is 29.8 Å². The van der Waals surface area contributed by atoms with E-state index in [1.165, 1.54) is 0 Å². The lowest BCUT2D eigenvalue weighted by Gasteiger charge is -2.21. The maximum Gasteiger partial charge on any atom is 0.123 e. The molecule has 0 saturated heterocycles. The molecule has 0 saturated carbocycles. The van der Waals surface area contributed by atoms with Crippen LogP contribution in [0.4, 0.5) is 0 Å². The van der Waals surface area contributed by atoms with Crippen LogP contribution >= 0.6 is 11.6 Å². The fourth-order valence-electron chi connectivity index (χ4n) is 2.11. The van der Waals surface area contributed by atoms with Crippen molar-refractivity contribution in [3.63, 3.8) is 0 Å². The Morgan fingerprint density at radius 2 is 2.00 bits per heavy atom. The third kappa shape index (κ3) is 5.70. The molecule has 0 heterocycles. The first-order chi connectivity index (χ1) is 9.72. The molecule has 0 aliphatic rings. The smallest absolute Gasteiger partial charge is 0.123 e. The number of halogens is 1. The number of methoxy groups -OCH3 is 1. The zero-order valence-electron chi connectivity index (χ0n) is 12.7. The molecule has 1 N–H and O–H groups in total. The molecular formula is C16H26ClNO2. The minimum absolute atomic E-state index is 0.209. The van der Waals surface area contributed by atoms with Gasteiger partial charge >= 0.3 is 0 Å². The maximum atomic E-state index is 6.12. The summed E-state index contributed by atoms with van der Waals surface area (Å²) in [5, 5.41) is 4.28. The van der Waals surface area contributed by atoms with E-state index in [4.69, 9.17) is 21.1 Å². The fourth-order valence-corrected chi connectivity index (χ4v) is 2.29. The molecule has 114 valence electrons. The van der Waals surface area contributed by atoms with Gasteiger partial charge in [0.25, 0.3) is 0 Å². The summed E-state index contributed by atoms with van der Waals surface area (Å²) in [6, 6.07) is 5.97. The van der Waals surface area contributed by atoms with E-state index >= 15 is 0 Å². The van der Waals surface area contributed by atoms with Crippen molar-refractivity contribution in [2.45, 2.75) is 39.2 Å². The molecule has 1 unspecified atom stereocenters. The lowest BCUT2D eigenvalue weighted by atomic mass is 10.0. The first-order valence-electron chi connectivity index (χ1n) is 7.37. The predicted octanol–water partition coefficient (Wildman–Crippen LogP) is 4.21. The van der Waals surface area contributed by atoms with Crippen molar-refractivity contribution < 1.29 is 9.47 Å². The normalized spacial score (nSPS) is 12.4. The molecule has 20 heavy (non-hydrogen) atoms. The van der Waals surface area contributed by atoms with Gasteiger partial charge in [-0.3, -0.25) is 0 Å². The molecule has 0 aliphatic carbocycles. The largest absolute Gasteiger partial charge is 0.496 e. The third-order valence-corrected chi connectivity index (χ3v) is 3.34. The van der Waals surface area contributed by atoms with E-state index in [-0.39, 0.29) is 6.04 Å². The van der Waals surface area contributed by atoms with Crippen LogP contribution in [0.1, 0.15) is 44.7 Å². The first kappa shape index (κ1) is 17.3. The van der Waals surface area contributed by atoms with Gasteiger partial charge in [0.05, 0.1) is 7.11 Å². The quantitative estimate of drug-likeness (QED) is 0.657. The Bertz CT molecular complexity index is 385. The number of hydrogen-bond acceptors (Lipinski definition) is 3. The molecular weight excluding hydrogens is 274 g/mol. The molecule has 0 spiro atoms. The molecule has 0 aromatic heterocycles. The number of ether oxygens (including phenoxy) is 2. The van der Waals surface area contributed by atoms with Crippen molar-refractivity contribution in [1.29, 1.82) is 0 Å². The summed E-state index contributed by atoms with van der Waals surface area (Å²) in [6.45, 7) is 6.80. The maximum absolute atomic E-state index is 6.12. The summed E-state index contributed by atoms with van der Waals surface area (Å²) < 4.78 is 11.1. The van der Waals surface area contributed by atoms with Crippen molar-refractivity contribution >= 4 is 11.6 Å². The molecule has 1 aromatic rings. The molecule has 0 amide bonds. The third-order valence-electron chi connectivity index (χ3n) is 3.11. The topological polar surface area (TPSA) is 30.5 Å². The Morgan fingerprint density at radius 1 is 1.20 bits per heavy atom. The highest BCUT2D eigenvalue weighted by molar-refractivity contribution is 6.30. The molecule has 1 aromatic carbocycles. The van der Waals surface area contributed by atoms with Gasteiger partial charge in [0.15, 0.2) is 0 Å². The second-order valence-electron chi connectivity index (χ2n) is 4.79. The molecule has 4 heteroatoms. The van der Waals surface area contributed by atoms with E-state index in [1.807, 2.05) is 18.2 Å². The summed E-state index contributed by atoms with van der Waals surface area (Å²) in [7, 11) is 1.69. The zero-order valence-corrected chi connectivity index (χ0v) is 13.5. The van der Waals surface area contributed by atoms with Crippen LogP contribution in [0.2, 0.25) is 5.02 Å². The molecule has 0 aliphatic heterocycles. The first-order valence-corrected chi connectivity index (χ1v) is 7.75. The Morgan fingerprint density at radius 3 is 2.65 bits per heavy atom. The van der Waals surface area contributed by atoms with Crippen LogP contribution in [0.15, 0.2) is 18.2 Å². The van der Waals surface area contributed by atoms with Gasteiger partial charge in [-0.05, 0) is 44.0 Å². The van der Waals surface area contributed by atoms with Gasteiger partial charge in [0.1, 0.15) is 5.75 Å². The van der Waals surface area contributed by atoms with Crippen LogP contribution in [0.5, 0.6) is 5.75 Å². The molecule has 1 atom stereocenters. The lowest BCUT2D eigenvalue weighted by molar-refractivity contribution is 0.124. The molecule has 3 nitrogen and oxygen atoms in total. The van der Waals surface area contributed by atoms with Crippen molar-refractivity contribution in [3.05, 3.63) is 28.8 Å². The van der Waals surface area contributed by atoms with E-state index in [1.54, 1.807) is 7.11 Å². The molecule has 0 fully saturated rings. The second kappa shape index (κ2) is 10.0. The summed E-state index contributed by atoms with van der Waals surface area (Å²) >= 11 is 6.12. The van der Waals surface area contributed by atoms with Crippen LogP contribution in [-0.4, -0.2) is 26.9 Å². The Hall–Kier alpha value is -0.770. The second-order valence-corrected chi connectivity index (χ2v) is 5.23. The van der Waals surface area contributed by atoms with Crippen LogP contribution in [0.3, 0.4) is 0 Å². The SMILES string of the molecule is CCCNC(CCOCCC)c1cc(Cl)ccc1OC. The van der Waals surface area contributed by atoms with Crippen molar-refractivity contribution in [3.8, 4) is 5.75 Å². The molecule has 0 bridgehead atoms. The van der Waals surface area contributed by atoms with Gasteiger partial charge < -0.3 is 14.8 Å². The number of rotatable bonds is 10. The fraction of sp³-hybridized carbons (Fsp3) is 0.625. The minimum atomic E-state index is 0.209. The van der Waals surface area contributed by atoms with Gasteiger partial charge in [0.2, 0.25) is 0 Å². The van der Waals surface area contributed by atoms with E-state index in [9.17, 15) is 0 Å². The lowest BCUT2D eigenvalue weighted by Crippen LogP contribution is -2.24. The summed E-state index contributed by atoms with van der Waals surface area (Å²) in [5.74, 6) is 0.874. The van der Waals surface area contributed by atoms with Crippen molar-refractivity contribution in [2.75, 3.05) is 26.9 Å². The van der Waals surface area contributed by atoms with E-state index in [0.29, 0.717) is 0 Å². The number of nitrogens with one attached hydrogen (secondary N) is 1. The predicted molar refractivity (Wildman–Crippen MR) is 84.8 cm³/mol. The van der Waals surface area contributed by atoms with E-state index in [2.05, 4.69) is 19.2 Å². The van der Waals surface area contributed by atoms with Gasteiger partial charge in [-0.1, -0.05) is 25.4 Å². The number of hydrogen-bond donors (Lipinski definition) is 1. The van der Waals surface area contributed by atoms with Crippen LogP contribution in [0, 0.1) is 0 Å². The van der Waals surface area contributed by atoms with E-state index in [0.717, 1.165) is 55.4 Å². The summed E-state index contributed by atoms with van der Waals surface area (Å²) in [5.41, 5.74) is 1.11. The van der Waals surface area contributed by atoms with Crippen LogP contribution < -0.4 is 10.1 Å². The highest BCUT2D eigenvalue weighted by atomic mass is 35.5. The average Bonchev–Trinajstić information content (AvgIpc) is 2.46. The van der Waals surface area contributed by atoms with Crippen molar-refractivity contribution in [1.82, 2.24) is 5.32 Å². The zero-order chi connectivity index (χ0) is 14.8. The van der Waals surface area contributed by atoms with Crippen molar-refractivity contribution in [2.24, 2.45) is 0 Å². The standard InChI is InChI=1S/C16H26ClNO2/c1-4-9-18-15(8-11-20-10-5-2)14-12-13(17)6-7-16(14)19-3/h6-7,12,15,18H,4-5,8-11H2,1-3H3. The van der Waals surface area contributed by atoms with Gasteiger partial charge in [-0.25, -0.2) is 0 Å². The average molecular weight is 300 g/mol. The molecule has 0 radical (unpaired) electrons. The Labute approximate surface area is 127 Å². The van der Waals surface area contributed by atoms with E-state index < -0.39 is 0 Å². The van der Waals surface area contributed by atoms with Crippen LogP contribution in [-0.2, 0) is 4.74 Å². The van der Waals surface area contributed by atoms with Gasteiger partial charge in [-0.15, -0.1) is 0 Å². The Kier molecular flexibility index (Phi) is 8.67. The number of benzene rings is 1. The highest BCUT2D eigenvalue weighted by Crippen LogP contribution is 2.30. The van der Waals surface area contributed by atoms with Gasteiger partial charge in [-0.2, -0.15) is 0 Å². The summed E-state index contributed by atoms with van der Waals surface area (Å²) in [6.07, 6.45) is 3.06. The summed E-state index contributed by atoms with van der Waals surface area (Å²) in [4.78, 5) is 0. The highest BCUT2D eigenvalue weighted by Gasteiger charge is 2.16. The monoisotopic (exact) mass is 299 g/mol. The molecule has 1 rings (SSSR count). The Balaban J connectivity index is 2.77. The van der Waals surface area contributed by atoms with Crippen LogP contribution in [0.25, 0.3) is 0 Å².